The lowest BCUT2D eigenvalue weighted by Gasteiger charge is -2.11. The minimum absolute atomic E-state index is 0.117. The van der Waals surface area contributed by atoms with Gasteiger partial charge in [0.25, 0.3) is 5.76 Å². The van der Waals surface area contributed by atoms with E-state index < -0.39 is 5.76 Å². The number of hydrogen-bond donors (Lipinski definition) is 1. The maximum atomic E-state index is 12.3. The van der Waals surface area contributed by atoms with Crippen molar-refractivity contribution in [2.75, 3.05) is 11.1 Å². The van der Waals surface area contributed by atoms with Gasteiger partial charge in [0, 0.05) is 15.5 Å². The molecule has 0 spiro atoms. The minimum Gasteiger partial charge on any atom is -0.325 e. The number of amides is 1. The SMILES string of the molecule is Cc1cc(C)c(SCC(=O)Nc2ccc(SC(F)F)cc2)c(C)c1. The molecule has 128 valence electrons. The lowest BCUT2D eigenvalue weighted by Crippen LogP contribution is -2.14. The molecule has 0 aromatic heterocycles. The number of halogens is 2. The van der Waals surface area contributed by atoms with E-state index >= 15 is 0 Å². The van der Waals surface area contributed by atoms with E-state index in [0.717, 1.165) is 4.90 Å². The van der Waals surface area contributed by atoms with Crippen LogP contribution in [0.1, 0.15) is 16.7 Å². The van der Waals surface area contributed by atoms with Gasteiger partial charge in [-0.15, -0.1) is 11.8 Å². The van der Waals surface area contributed by atoms with Crippen LogP contribution in [0, 0.1) is 20.8 Å². The quantitative estimate of drug-likeness (QED) is 0.668. The number of aryl methyl sites for hydroxylation is 3. The molecule has 0 atom stereocenters. The number of hydrogen-bond acceptors (Lipinski definition) is 3. The van der Waals surface area contributed by atoms with E-state index in [1.807, 2.05) is 13.8 Å². The Labute approximate surface area is 149 Å². The minimum atomic E-state index is -2.44. The second-order valence-electron chi connectivity index (χ2n) is 5.47. The molecule has 2 rings (SSSR count). The highest BCUT2D eigenvalue weighted by molar-refractivity contribution is 8.00. The molecule has 0 radical (unpaired) electrons. The first-order valence-corrected chi connectivity index (χ1v) is 9.27. The number of carbonyl (C=O) groups is 1. The van der Waals surface area contributed by atoms with Gasteiger partial charge in [-0.05, 0) is 56.2 Å². The number of rotatable bonds is 6. The molecule has 0 bridgehead atoms. The van der Waals surface area contributed by atoms with Crippen molar-refractivity contribution in [1.29, 1.82) is 0 Å². The van der Waals surface area contributed by atoms with Crippen molar-refractivity contribution in [3.05, 3.63) is 53.1 Å². The molecule has 1 N–H and O–H groups in total. The summed E-state index contributed by atoms with van der Waals surface area (Å²) in [5.74, 6) is -2.25. The van der Waals surface area contributed by atoms with Crippen LogP contribution in [0.5, 0.6) is 0 Å². The van der Waals surface area contributed by atoms with E-state index in [0.29, 0.717) is 28.1 Å². The fraction of sp³-hybridized carbons (Fsp3) is 0.278. The molecule has 2 aromatic rings. The van der Waals surface area contributed by atoms with Crippen molar-refractivity contribution in [3.8, 4) is 0 Å². The van der Waals surface area contributed by atoms with Gasteiger partial charge in [0.15, 0.2) is 0 Å². The Morgan fingerprint density at radius 2 is 1.67 bits per heavy atom. The van der Waals surface area contributed by atoms with Gasteiger partial charge < -0.3 is 5.32 Å². The first-order chi connectivity index (χ1) is 11.3. The van der Waals surface area contributed by atoms with E-state index in [2.05, 4.69) is 24.4 Å². The molecule has 2 aromatic carbocycles. The molecule has 0 aliphatic rings. The summed E-state index contributed by atoms with van der Waals surface area (Å²) in [5.41, 5.74) is 4.15. The second kappa shape index (κ2) is 8.53. The van der Waals surface area contributed by atoms with E-state index in [4.69, 9.17) is 0 Å². The molecule has 0 fully saturated rings. The highest BCUT2D eigenvalue weighted by Gasteiger charge is 2.09. The normalized spacial score (nSPS) is 10.9. The largest absolute Gasteiger partial charge is 0.325 e. The third-order valence-electron chi connectivity index (χ3n) is 3.32. The lowest BCUT2D eigenvalue weighted by atomic mass is 10.1. The molecular weight excluding hydrogens is 348 g/mol. The second-order valence-corrected chi connectivity index (χ2v) is 7.52. The predicted octanol–water partition coefficient (Wildman–Crippen LogP) is 5.66. The summed E-state index contributed by atoms with van der Waals surface area (Å²) >= 11 is 1.99. The fourth-order valence-corrected chi connectivity index (χ4v) is 3.87. The molecule has 1 amide bonds. The van der Waals surface area contributed by atoms with Crippen LogP contribution >= 0.6 is 23.5 Å². The summed E-state index contributed by atoms with van der Waals surface area (Å²) in [6.07, 6.45) is 0. The summed E-state index contributed by atoms with van der Waals surface area (Å²) in [6.45, 7) is 6.14. The van der Waals surface area contributed by atoms with Crippen molar-refractivity contribution in [2.45, 2.75) is 36.3 Å². The Morgan fingerprint density at radius 3 is 2.21 bits per heavy atom. The zero-order valence-electron chi connectivity index (χ0n) is 13.7. The van der Waals surface area contributed by atoms with Gasteiger partial charge in [-0.3, -0.25) is 4.79 Å². The van der Waals surface area contributed by atoms with Crippen molar-refractivity contribution >= 4 is 35.1 Å². The monoisotopic (exact) mass is 367 g/mol. The standard InChI is InChI=1S/C18H19F2NOS2/c1-11-8-12(2)17(13(3)9-11)23-10-16(22)21-14-4-6-15(7-5-14)24-18(19)20/h4-9,18H,10H2,1-3H3,(H,21,22). The van der Waals surface area contributed by atoms with Crippen LogP contribution < -0.4 is 5.32 Å². The number of thioether (sulfide) groups is 2. The van der Waals surface area contributed by atoms with Gasteiger partial charge >= 0.3 is 0 Å². The van der Waals surface area contributed by atoms with Crippen molar-refractivity contribution < 1.29 is 13.6 Å². The van der Waals surface area contributed by atoms with E-state index in [9.17, 15) is 13.6 Å². The van der Waals surface area contributed by atoms with Crippen LogP contribution in [-0.2, 0) is 4.79 Å². The summed E-state index contributed by atoms with van der Waals surface area (Å²) in [4.78, 5) is 13.7. The van der Waals surface area contributed by atoms with Gasteiger partial charge in [0.05, 0.1) is 5.75 Å². The maximum Gasteiger partial charge on any atom is 0.288 e. The van der Waals surface area contributed by atoms with Crippen LogP contribution in [0.15, 0.2) is 46.2 Å². The highest BCUT2D eigenvalue weighted by atomic mass is 32.2. The molecule has 0 unspecified atom stereocenters. The lowest BCUT2D eigenvalue weighted by molar-refractivity contribution is -0.113. The number of nitrogens with one attached hydrogen (secondary N) is 1. The zero-order chi connectivity index (χ0) is 17.7. The molecule has 0 saturated carbocycles. The first kappa shape index (κ1) is 18.8. The third kappa shape index (κ3) is 5.53. The highest BCUT2D eigenvalue weighted by Crippen LogP contribution is 2.28. The van der Waals surface area contributed by atoms with Gasteiger partial charge in [-0.2, -0.15) is 8.78 Å². The van der Waals surface area contributed by atoms with Crippen LogP contribution in [0.25, 0.3) is 0 Å². The predicted molar refractivity (Wildman–Crippen MR) is 98.3 cm³/mol. The summed E-state index contributed by atoms with van der Waals surface area (Å²) < 4.78 is 24.5. The van der Waals surface area contributed by atoms with Gasteiger partial charge in [-0.1, -0.05) is 29.5 Å². The van der Waals surface area contributed by atoms with Crippen LogP contribution in [0.2, 0.25) is 0 Å². The Bertz CT molecular complexity index is 694. The Balaban J connectivity index is 1.92. The van der Waals surface area contributed by atoms with E-state index in [1.165, 1.54) is 28.5 Å². The molecule has 0 heterocycles. The van der Waals surface area contributed by atoms with Gasteiger partial charge in [-0.25, -0.2) is 0 Å². The Kier molecular flexibility index (Phi) is 6.69. The number of anilines is 1. The number of alkyl halides is 2. The van der Waals surface area contributed by atoms with Crippen molar-refractivity contribution in [2.24, 2.45) is 0 Å². The Morgan fingerprint density at radius 1 is 1.08 bits per heavy atom. The van der Waals surface area contributed by atoms with Gasteiger partial charge in [0.2, 0.25) is 5.91 Å². The van der Waals surface area contributed by atoms with Crippen molar-refractivity contribution in [3.63, 3.8) is 0 Å². The molecule has 0 saturated heterocycles. The maximum absolute atomic E-state index is 12.3. The zero-order valence-corrected chi connectivity index (χ0v) is 15.4. The number of benzene rings is 2. The first-order valence-electron chi connectivity index (χ1n) is 7.40. The smallest absolute Gasteiger partial charge is 0.288 e. The number of carbonyl (C=O) groups excluding carboxylic acids is 1. The average molecular weight is 367 g/mol. The third-order valence-corrected chi connectivity index (χ3v) is 5.38. The van der Waals surface area contributed by atoms with E-state index in [-0.39, 0.29) is 5.91 Å². The Hall–Kier alpha value is -1.53. The fourth-order valence-electron chi connectivity index (χ4n) is 2.45. The molecule has 0 aliphatic heterocycles. The average Bonchev–Trinajstić information content (AvgIpc) is 2.47. The molecule has 24 heavy (non-hydrogen) atoms. The molecule has 0 aliphatic carbocycles. The summed E-state index contributed by atoms with van der Waals surface area (Å²) in [5, 5.41) is 2.79. The van der Waals surface area contributed by atoms with Crippen LogP contribution in [0.3, 0.4) is 0 Å². The molecule has 2 nitrogen and oxygen atoms in total. The molecule has 6 heteroatoms. The van der Waals surface area contributed by atoms with Gasteiger partial charge in [0.1, 0.15) is 0 Å². The summed E-state index contributed by atoms with van der Waals surface area (Å²) in [6, 6.07) is 10.6. The van der Waals surface area contributed by atoms with E-state index in [1.54, 1.807) is 24.3 Å². The summed E-state index contributed by atoms with van der Waals surface area (Å²) in [7, 11) is 0. The van der Waals surface area contributed by atoms with Crippen LogP contribution in [0.4, 0.5) is 14.5 Å². The van der Waals surface area contributed by atoms with Crippen LogP contribution in [-0.4, -0.2) is 17.4 Å². The van der Waals surface area contributed by atoms with Crippen molar-refractivity contribution in [1.82, 2.24) is 0 Å². The topological polar surface area (TPSA) is 29.1 Å². The molecular formula is C18H19F2NOS2.